The molecule has 402 valence electrons. The fraction of sp³-hybridized carbons (Fsp3) is 0.825. The Morgan fingerprint density at radius 1 is 0.304 bits per heavy atom. The minimum Gasteiger partial charge on any atom is -0.462 e. The topological polar surface area (TPSA) is 78.9 Å². The van der Waals surface area contributed by atoms with Gasteiger partial charge in [0.2, 0.25) is 0 Å². The SMILES string of the molecule is CC/C=C\C/C=C\C/C=C\CCCCCC(=O)OCC(COC(=O)CCCCCCCCCCCCCCCCCCCCCC)OC(=O)CCCCCCCCC/C=C\CCCCCCCCC. The lowest BCUT2D eigenvalue weighted by molar-refractivity contribution is -0.167. The third-order valence-corrected chi connectivity index (χ3v) is 13.3. The van der Waals surface area contributed by atoms with Crippen LogP contribution < -0.4 is 0 Å². The van der Waals surface area contributed by atoms with Gasteiger partial charge in [0.15, 0.2) is 6.10 Å². The van der Waals surface area contributed by atoms with Gasteiger partial charge in [-0.1, -0.05) is 268 Å². The first-order chi connectivity index (χ1) is 34.0. The highest BCUT2D eigenvalue weighted by Gasteiger charge is 2.19. The Bertz CT molecular complexity index is 1200. The fourth-order valence-electron chi connectivity index (χ4n) is 8.81. The predicted octanol–water partition coefficient (Wildman–Crippen LogP) is 20.2. The van der Waals surface area contributed by atoms with Crippen LogP contribution in [0, 0.1) is 0 Å². The molecule has 0 aromatic rings. The van der Waals surface area contributed by atoms with E-state index in [9.17, 15) is 14.4 Å². The standard InChI is InChI=1S/C63H114O6/c1-4-7-10-13-16-19-22-25-27-29-31-32-34-35-38-41-44-47-50-53-56-62(65)68-59-60(58-67-61(64)55-52-49-46-43-40-37-24-21-18-15-12-9-6-3)69-63(66)57-54-51-48-45-42-39-36-33-30-28-26-23-20-17-14-11-8-5-2/h9,12,18,21,28,30,37,40,60H,4-8,10-11,13-17,19-20,22-27,29,31-36,38-39,41-59H2,1-3H3/b12-9-,21-18-,30-28-,40-37-. The number of esters is 3. The molecule has 0 saturated heterocycles. The van der Waals surface area contributed by atoms with E-state index in [4.69, 9.17) is 14.2 Å². The molecule has 0 aliphatic heterocycles. The molecule has 0 aliphatic rings. The lowest BCUT2D eigenvalue weighted by Gasteiger charge is -2.18. The smallest absolute Gasteiger partial charge is 0.306 e. The summed E-state index contributed by atoms with van der Waals surface area (Å²) in [5, 5.41) is 0. The second-order valence-electron chi connectivity index (χ2n) is 20.2. The molecule has 0 spiro atoms. The van der Waals surface area contributed by atoms with E-state index in [-0.39, 0.29) is 31.1 Å². The van der Waals surface area contributed by atoms with Crippen LogP contribution in [0.5, 0.6) is 0 Å². The second-order valence-corrected chi connectivity index (χ2v) is 20.2. The van der Waals surface area contributed by atoms with E-state index in [0.717, 1.165) is 83.5 Å². The van der Waals surface area contributed by atoms with Crippen molar-refractivity contribution < 1.29 is 28.6 Å². The maximum atomic E-state index is 12.9. The Kier molecular flexibility index (Phi) is 55.7. The van der Waals surface area contributed by atoms with Crippen LogP contribution in [-0.4, -0.2) is 37.2 Å². The lowest BCUT2D eigenvalue weighted by atomic mass is 10.0. The number of unbranched alkanes of at least 4 members (excludes halogenated alkanes) is 36. The van der Waals surface area contributed by atoms with Crippen LogP contribution in [-0.2, 0) is 28.6 Å². The summed E-state index contributed by atoms with van der Waals surface area (Å²) in [6.07, 6.45) is 71.1. The summed E-state index contributed by atoms with van der Waals surface area (Å²) in [7, 11) is 0. The highest BCUT2D eigenvalue weighted by Crippen LogP contribution is 2.17. The van der Waals surface area contributed by atoms with E-state index in [2.05, 4.69) is 69.4 Å². The van der Waals surface area contributed by atoms with Crippen molar-refractivity contribution in [3.05, 3.63) is 48.6 Å². The van der Waals surface area contributed by atoms with Crippen molar-refractivity contribution in [2.45, 2.75) is 322 Å². The number of carbonyl (C=O) groups is 3. The van der Waals surface area contributed by atoms with Crippen molar-refractivity contribution in [3.8, 4) is 0 Å². The molecule has 0 amide bonds. The number of hydrogen-bond donors (Lipinski definition) is 0. The molecule has 0 radical (unpaired) electrons. The van der Waals surface area contributed by atoms with Crippen LogP contribution in [0.2, 0.25) is 0 Å². The fourth-order valence-corrected chi connectivity index (χ4v) is 8.81. The molecule has 0 bridgehead atoms. The first kappa shape index (κ1) is 66.4. The van der Waals surface area contributed by atoms with Crippen molar-refractivity contribution in [2.75, 3.05) is 13.2 Å². The van der Waals surface area contributed by atoms with E-state index in [1.165, 1.54) is 193 Å². The zero-order chi connectivity index (χ0) is 50.0. The molecule has 0 rings (SSSR count). The zero-order valence-corrected chi connectivity index (χ0v) is 46.1. The van der Waals surface area contributed by atoms with Gasteiger partial charge in [-0.3, -0.25) is 14.4 Å². The predicted molar refractivity (Wildman–Crippen MR) is 298 cm³/mol. The van der Waals surface area contributed by atoms with Crippen LogP contribution in [0.3, 0.4) is 0 Å². The summed E-state index contributed by atoms with van der Waals surface area (Å²) >= 11 is 0. The minimum absolute atomic E-state index is 0.0810. The first-order valence-corrected chi connectivity index (χ1v) is 30.1. The molecule has 69 heavy (non-hydrogen) atoms. The number of allylic oxidation sites excluding steroid dienone is 8. The molecular weight excluding hydrogens is 853 g/mol. The van der Waals surface area contributed by atoms with Gasteiger partial charge >= 0.3 is 17.9 Å². The Labute approximate surface area is 428 Å². The largest absolute Gasteiger partial charge is 0.462 e. The number of rotatable bonds is 55. The highest BCUT2D eigenvalue weighted by atomic mass is 16.6. The van der Waals surface area contributed by atoms with E-state index in [1.54, 1.807) is 0 Å². The zero-order valence-electron chi connectivity index (χ0n) is 46.1. The van der Waals surface area contributed by atoms with Crippen LogP contribution in [0.15, 0.2) is 48.6 Å². The van der Waals surface area contributed by atoms with Gasteiger partial charge in [0.25, 0.3) is 0 Å². The van der Waals surface area contributed by atoms with E-state index < -0.39 is 6.10 Å². The van der Waals surface area contributed by atoms with Gasteiger partial charge in [-0.15, -0.1) is 0 Å². The van der Waals surface area contributed by atoms with E-state index in [1.807, 2.05) is 0 Å². The van der Waals surface area contributed by atoms with Gasteiger partial charge in [-0.05, 0) is 77.0 Å². The first-order valence-electron chi connectivity index (χ1n) is 30.1. The minimum atomic E-state index is -0.785. The number of hydrogen-bond acceptors (Lipinski definition) is 6. The van der Waals surface area contributed by atoms with Crippen LogP contribution in [0.4, 0.5) is 0 Å². The van der Waals surface area contributed by atoms with Gasteiger partial charge < -0.3 is 14.2 Å². The van der Waals surface area contributed by atoms with Crippen molar-refractivity contribution in [1.29, 1.82) is 0 Å². The molecule has 0 heterocycles. The number of carbonyl (C=O) groups excluding carboxylic acids is 3. The Morgan fingerprint density at radius 3 is 0.913 bits per heavy atom. The molecular formula is C63H114O6. The quantitative estimate of drug-likeness (QED) is 0.0262. The molecule has 0 aromatic carbocycles. The Morgan fingerprint density at radius 2 is 0.565 bits per heavy atom. The summed E-state index contributed by atoms with van der Waals surface area (Å²) in [5.41, 5.74) is 0. The molecule has 0 fully saturated rings. The van der Waals surface area contributed by atoms with Gasteiger partial charge in [0, 0.05) is 19.3 Å². The lowest BCUT2D eigenvalue weighted by Crippen LogP contribution is -2.30. The maximum absolute atomic E-state index is 12.9. The maximum Gasteiger partial charge on any atom is 0.306 e. The molecule has 0 aromatic heterocycles. The summed E-state index contributed by atoms with van der Waals surface area (Å²) in [6, 6.07) is 0. The van der Waals surface area contributed by atoms with Gasteiger partial charge in [-0.25, -0.2) is 0 Å². The van der Waals surface area contributed by atoms with Gasteiger partial charge in [0.05, 0.1) is 0 Å². The van der Waals surface area contributed by atoms with E-state index in [0.29, 0.717) is 19.3 Å². The molecule has 1 atom stereocenters. The summed E-state index contributed by atoms with van der Waals surface area (Å²) in [5.74, 6) is -0.899. The summed E-state index contributed by atoms with van der Waals surface area (Å²) in [4.78, 5) is 38.2. The molecule has 0 aliphatic carbocycles. The Hall–Kier alpha value is -2.63. The second kappa shape index (κ2) is 57.9. The van der Waals surface area contributed by atoms with Gasteiger partial charge in [-0.2, -0.15) is 0 Å². The monoisotopic (exact) mass is 967 g/mol. The molecule has 0 N–H and O–H groups in total. The van der Waals surface area contributed by atoms with Crippen molar-refractivity contribution in [3.63, 3.8) is 0 Å². The summed E-state index contributed by atoms with van der Waals surface area (Å²) in [6.45, 7) is 6.54. The van der Waals surface area contributed by atoms with Crippen molar-refractivity contribution in [1.82, 2.24) is 0 Å². The van der Waals surface area contributed by atoms with E-state index >= 15 is 0 Å². The normalized spacial score (nSPS) is 12.3. The highest BCUT2D eigenvalue weighted by molar-refractivity contribution is 5.71. The third kappa shape index (κ3) is 56.2. The molecule has 6 heteroatoms. The van der Waals surface area contributed by atoms with Crippen molar-refractivity contribution in [2.24, 2.45) is 0 Å². The van der Waals surface area contributed by atoms with Crippen LogP contribution >= 0.6 is 0 Å². The molecule has 1 unspecified atom stereocenters. The summed E-state index contributed by atoms with van der Waals surface area (Å²) < 4.78 is 16.9. The van der Waals surface area contributed by atoms with Crippen molar-refractivity contribution >= 4 is 17.9 Å². The Balaban J connectivity index is 4.33. The third-order valence-electron chi connectivity index (χ3n) is 13.3. The molecule has 0 saturated carbocycles. The average molecular weight is 968 g/mol. The van der Waals surface area contributed by atoms with Crippen LogP contribution in [0.25, 0.3) is 0 Å². The van der Waals surface area contributed by atoms with Crippen LogP contribution in [0.1, 0.15) is 316 Å². The molecule has 6 nitrogen and oxygen atoms in total. The number of ether oxygens (including phenoxy) is 3. The van der Waals surface area contributed by atoms with Gasteiger partial charge in [0.1, 0.15) is 13.2 Å². The average Bonchev–Trinajstić information content (AvgIpc) is 3.35.